The van der Waals surface area contributed by atoms with Crippen LogP contribution in [0.2, 0.25) is 0 Å². The van der Waals surface area contributed by atoms with Crippen LogP contribution >= 0.6 is 0 Å². The van der Waals surface area contributed by atoms with Crippen molar-refractivity contribution >= 4 is 12.0 Å². The summed E-state index contributed by atoms with van der Waals surface area (Å²) in [5.41, 5.74) is 3.93. The van der Waals surface area contributed by atoms with E-state index in [0.29, 0.717) is 29.4 Å². The molecule has 0 aliphatic heterocycles. The molecule has 1 aliphatic carbocycles. The van der Waals surface area contributed by atoms with Crippen molar-refractivity contribution in [2.24, 2.45) is 0 Å². The maximum Gasteiger partial charge on any atom is 0.343 e. The van der Waals surface area contributed by atoms with E-state index in [9.17, 15) is 4.79 Å². The molecule has 3 aromatic rings. The molecule has 0 N–H and O–H groups in total. The van der Waals surface area contributed by atoms with Gasteiger partial charge in [-0.2, -0.15) is 0 Å². The van der Waals surface area contributed by atoms with Crippen LogP contribution in [-0.2, 0) is 6.42 Å². The zero-order chi connectivity index (χ0) is 20.9. The second-order valence-corrected chi connectivity index (χ2v) is 6.90. The van der Waals surface area contributed by atoms with E-state index in [1.807, 2.05) is 24.3 Å². The highest BCUT2D eigenvalue weighted by atomic mass is 16.5. The SMILES string of the molecule is COc1cc2c(cc1OC)CC(COc1cccc(OC(=O)c3ccccc3)c1)=C2. The van der Waals surface area contributed by atoms with Gasteiger partial charge in [0.2, 0.25) is 0 Å². The molecule has 0 atom stereocenters. The minimum atomic E-state index is -0.399. The van der Waals surface area contributed by atoms with Crippen LogP contribution in [0, 0.1) is 0 Å². The predicted molar refractivity (Wildman–Crippen MR) is 115 cm³/mol. The Bertz CT molecular complexity index is 1090. The Morgan fingerprint density at radius 2 is 1.60 bits per heavy atom. The molecular formula is C25H22O5. The van der Waals surface area contributed by atoms with Gasteiger partial charge in [-0.25, -0.2) is 4.79 Å². The van der Waals surface area contributed by atoms with Crippen molar-refractivity contribution in [3.05, 3.63) is 89.0 Å². The molecule has 0 bridgehead atoms. The fraction of sp³-hybridized carbons (Fsp3) is 0.160. The highest BCUT2D eigenvalue weighted by molar-refractivity contribution is 5.91. The van der Waals surface area contributed by atoms with E-state index >= 15 is 0 Å². The molecule has 3 aromatic carbocycles. The molecule has 0 aromatic heterocycles. The van der Waals surface area contributed by atoms with Gasteiger partial charge in [0.1, 0.15) is 18.1 Å². The smallest absolute Gasteiger partial charge is 0.343 e. The first-order valence-electron chi connectivity index (χ1n) is 9.60. The fourth-order valence-electron chi connectivity index (χ4n) is 3.38. The van der Waals surface area contributed by atoms with Gasteiger partial charge in [0.25, 0.3) is 0 Å². The molecule has 0 heterocycles. The number of carbonyl (C=O) groups excluding carboxylic acids is 1. The first kappa shape index (κ1) is 19.6. The lowest BCUT2D eigenvalue weighted by Gasteiger charge is -2.10. The number of rotatable bonds is 7. The standard InChI is InChI=1S/C25H22O5/c1-27-23-13-19-11-17(12-20(19)14-24(23)28-2)16-29-21-9-6-10-22(15-21)30-25(26)18-7-4-3-5-8-18/h3-11,13-15H,12,16H2,1-2H3. The Kier molecular flexibility index (Phi) is 5.70. The molecule has 4 rings (SSSR count). The predicted octanol–water partition coefficient (Wildman–Crippen LogP) is 4.94. The van der Waals surface area contributed by atoms with E-state index in [1.54, 1.807) is 56.7 Å². The number of benzene rings is 3. The van der Waals surface area contributed by atoms with Crippen LogP contribution in [0.4, 0.5) is 0 Å². The molecule has 0 spiro atoms. The van der Waals surface area contributed by atoms with Crippen molar-refractivity contribution < 1.29 is 23.7 Å². The summed E-state index contributed by atoms with van der Waals surface area (Å²) in [4.78, 5) is 12.2. The number of esters is 1. The van der Waals surface area contributed by atoms with Gasteiger partial charge in [-0.1, -0.05) is 30.3 Å². The molecule has 5 heteroatoms. The monoisotopic (exact) mass is 402 g/mol. The highest BCUT2D eigenvalue weighted by Gasteiger charge is 2.17. The van der Waals surface area contributed by atoms with Crippen molar-refractivity contribution in [2.75, 3.05) is 20.8 Å². The molecule has 0 unspecified atom stereocenters. The lowest BCUT2D eigenvalue weighted by atomic mass is 10.1. The summed E-state index contributed by atoms with van der Waals surface area (Å²) in [7, 11) is 3.26. The van der Waals surface area contributed by atoms with Crippen LogP contribution in [0.15, 0.2) is 72.3 Å². The first-order valence-corrected chi connectivity index (χ1v) is 9.60. The highest BCUT2D eigenvalue weighted by Crippen LogP contribution is 2.36. The van der Waals surface area contributed by atoms with Gasteiger partial charge < -0.3 is 18.9 Å². The fourth-order valence-corrected chi connectivity index (χ4v) is 3.38. The van der Waals surface area contributed by atoms with E-state index in [0.717, 1.165) is 23.3 Å². The summed E-state index contributed by atoms with van der Waals surface area (Å²) < 4.78 is 22.2. The van der Waals surface area contributed by atoms with E-state index in [4.69, 9.17) is 18.9 Å². The first-order chi connectivity index (χ1) is 14.7. The Labute approximate surface area is 175 Å². The summed E-state index contributed by atoms with van der Waals surface area (Å²) in [5, 5.41) is 0. The lowest BCUT2D eigenvalue weighted by Crippen LogP contribution is -2.08. The molecule has 0 saturated heterocycles. The van der Waals surface area contributed by atoms with Gasteiger partial charge in [0.05, 0.1) is 19.8 Å². The van der Waals surface area contributed by atoms with E-state index in [2.05, 4.69) is 6.08 Å². The number of hydrogen-bond acceptors (Lipinski definition) is 5. The van der Waals surface area contributed by atoms with Gasteiger partial charge in [-0.05, 0) is 59.5 Å². The van der Waals surface area contributed by atoms with E-state index in [-0.39, 0.29) is 0 Å². The van der Waals surface area contributed by atoms with Gasteiger partial charge >= 0.3 is 5.97 Å². The van der Waals surface area contributed by atoms with Gasteiger partial charge in [0, 0.05) is 6.07 Å². The third-order valence-electron chi connectivity index (χ3n) is 4.87. The Hall–Kier alpha value is -3.73. The zero-order valence-corrected chi connectivity index (χ0v) is 16.9. The maximum atomic E-state index is 12.2. The molecule has 0 radical (unpaired) electrons. The number of fused-ring (bicyclic) bond motifs is 1. The topological polar surface area (TPSA) is 54.0 Å². The van der Waals surface area contributed by atoms with Crippen molar-refractivity contribution in [1.29, 1.82) is 0 Å². The third kappa shape index (κ3) is 4.30. The van der Waals surface area contributed by atoms with E-state index < -0.39 is 5.97 Å². The minimum Gasteiger partial charge on any atom is -0.493 e. The normalized spacial score (nSPS) is 12.0. The molecule has 152 valence electrons. The third-order valence-corrected chi connectivity index (χ3v) is 4.87. The molecule has 1 aliphatic rings. The second kappa shape index (κ2) is 8.74. The molecule has 0 amide bonds. The Balaban J connectivity index is 1.40. The van der Waals surface area contributed by atoms with Crippen LogP contribution in [0.1, 0.15) is 21.5 Å². The van der Waals surface area contributed by atoms with Gasteiger partial charge in [-0.3, -0.25) is 0 Å². The van der Waals surface area contributed by atoms with Gasteiger partial charge in [0.15, 0.2) is 11.5 Å². The number of carbonyl (C=O) groups is 1. The van der Waals surface area contributed by atoms with Crippen LogP contribution in [0.3, 0.4) is 0 Å². The zero-order valence-electron chi connectivity index (χ0n) is 16.9. The number of methoxy groups -OCH3 is 2. The average Bonchev–Trinajstić information content (AvgIpc) is 3.19. The van der Waals surface area contributed by atoms with Crippen molar-refractivity contribution in [2.45, 2.75) is 6.42 Å². The summed E-state index contributed by atoms with van der Waals surface area (Å²) in [6.07, 6.45) is 2.90. The largest absolute Gasteiger partial charge is 0.493 e. The second-order valence-electron chi connectivity index (χ2n) is 6.90. The maximum absolute atomic E-state index is 12.2. The van der Waals surface area contributed by atoms with Crippen molar-refractivity contribution in [1.82, 2.24) is 0 Å². The summed E-state index contributed by atoms with van der Waals surface area (Å²) in [6.45, 7) is 0.440. The summed E-state index contributed by atoms with van der Waals surface area (Å²) >= 11 is 0. The lowest BCUT2D eigenvalue weighted by molar-refractivity contribution is 0.0734. The average molecular weight is 402 g/mol. The van der Waals surface area contributed by atoms with Crippen LogP contribution in [0.25, 0.3) is 6.08 Å². The van der Waals surface area contributed by atoms with E-state index in [1.165, 1.54) is 5.56 Å². The summed E-state index contributed by atoms with van der Waals surface area (Å²) in [5.74, 6) is 2.12. The number of ether oxygens (including phenoxy) is 4. The summed E-state index contributed by atoms with van der Waals surface area (Å²) in [6, 6.07) is 20.0. The van der Waals surface area contributed by atoms with Crippen molar-refractivity contribution in [3.8, 4) is 23.0 Å². The van der Waals surface area contributed by atoms with Gasteiger partial charge in [-0.15, -0.1) is 0 Å². The quantitative estimate of drug-likeness (QED) is 0.414. The van der Waals surface area contributed by atoms with Crippen LogP contribution < -0.4 is 18.9 Å². The molecule has 30 heavy (non-hydrogen) atoms. The number of hydrogen-bond donors (Lipinski definition) is 0. The molecular weight excluding hydrogens is 380 g/mol. The Morgan fingerprint density at radius 1 is 0.867 bits per heavy atom. The Morgan fingerprint density at radius 3 is 2.37 bits per heavy atom. The molecule has 0 saturated carbocycles. The van der Waals surface area contributed by atoms with Crippen molar-refractivity contribution in [3.63, 3.8) is 0 Å². The molecule has 0 fully saturated rings. The molecule has 5 nitrogen and oxygen atoms in total. The van der Waals surface area contributed by atoms with Crippen LogP contribution in [-0.4, -0.2) is 26.8 Å². The van der Waals surface area contributed by atoms with Crippen LogP contribution in [0.5, 0.6) is 23.0 Å². The minimum absolute atomic E-state index is 0.399.